The highest BCUT2D eigenvalue weighted by molar-refractivity contribution is 5.75. The highest BCUT2D eigenvalue weighted by Crippen LogP contribution is 2.18. The Bertz CT molecular complexity index is 668. The van der Waals surface area contributed by atoms with Gasteiger partial charge in [0.15, 0.2) is 5.82 Å². The third kappa shape index (κ3) is 4.85. The van der Waals surface area contributed by atoms with Crippen molar-refractivity contribution in [3.8, 4) is 11.4 Å². The van der Waals surface area contributed by atoms with Crippen LogP contribution in [0.1, 0.15) is 6.42 Å². The first-order valence-corrected chi connectivity index (χ1v) is 7.00. The zero-order chi connectivity index (χ0) is 16.7. The molecule has 1 amide bonds. The van der Waals surface area contributed by atoms with E-state index in [0.29, 0.717) is 24.5 Å². The van der Waals surface area contributed by atoms with Gasteiger partial charge in [0, 0.05) is 38.0 Å². The molecule has 0 saturated carbocycles. The monoisotopic (exact) mass is 319 g/mol. The van der Waals surface area contributed by atoms with Gasteiger partial charge in [-0.05, 0) is 18.6 Å². The molecule has 0 aliphatic heterocycles. The van der Waals surface area contributed by atoms with Crippen LogP contribution in [0.15, 0.2) is 30.6 Å². The molecule has 0 aliphatic carbocycles. The average molecular weight is 319 g/mol. The van der Waals surface area contributed by atoms with Gasteiger partial charge in [-0.15, -0.1) is 0 Å². The van der Waals surface area contributed by atoms with Crippen molar-refractivity contribution in [2.45, 2.75) is 13.0 Å². The first kappa shape index (κ1) is 16.6. The molecule has 1 aromatic heterocycles. The van der Waals surface area contributed by atoms with Gasteiger partial charge in [-0.2, -0.15) is 5.10 Å². The van der Waals surface area contributed by atoms with Crippen LogP contribution in [-0.2, 0) is 16.1 Å². The van der Waals surface area contributed by atoms with E-state index in [1.807, 2.05) is 0 Å². The van der Waals surface area contributed by atoms with Gasteiger partial charge in [0.05, 0.1) is 4.92 Å². The van der Waals surface area contributed by atoms with E-state index in [9.17, 15) is 14.9 Å². The molecule has 1 heterocycles. The fourth-order valence-corrected chi connectivity index (χ4v) is 1.88. The molecular formula is C14H17N5O4. The van der Waals surface area contributed by atoms with E-state index in [1.165, 1.54) is 23.1 Å². The van der Waals surface area contributed by atoms with Crippen LogP contribution in [-0.4, -0.2) is 45.9 Å². The number of carbonyl (C=O) groups is 1. The van der Waals surface area contributed by atoms with Crippen LogP contribution >= 0.6 is 0 Å². The average Bonchev–Trinajstić information content (AvgIpc) is 3.00. The van der Waals surface area contributed by atoms with Gasteiger partial charge in [-0.3, -0.25) is 14.9 Å². The number of amides is 1. The molecule has 122 valence electrons. The van der Waals surface area contributed by atoms with E-state index in [4.69, 9.17) is 4.74 Å². The zero-order valence-electron chi connectivity index (χ0n) is 12.6. The predicted octanol–water partition coefficient (Wildman–Crippen LogP) is 1.01. The number of rotatable bonds is 8. The van der Waals surface area contributed by atoms with E-state index in [0.717, 1.165) is 6.42 Å². The minimum absolute atomic E-state index is 0.00335. The normalized spacial score (nSPS) is 10.5. The van der Waals surface area contributed by atoms with Crippen LogP contribution in [0.5, 0.6) is 0 Å². The molecule has 1 N–H and O–H groups in total. The Hall–Kier alpha value is -2.81. The van der Waals surface area contributed by atoms with Crippen molar-refractivity contribution in [3.63, 3.8) is 0 Å². The largest absolute Gasteiger partial charge is 0.385 e. The SMILES string of the molecule is COCCCNC(=O)Cn1cnc(-c2ccc([N+](=O)[O-])cc2)n1. The van der Waals surface area contributed by atoms with Crippen LogP contribution < -0.4 is 5.32 Å². The molecule has 2 rings (SSSR count). The second kappa shape index (κ2) is 7.99. The molecule has 0 radical (unpaired) electrons. The second-order valence-corrected chi connectivity index (χ2v) is 4.77. The Morgan fingerprint density at radius 2 is 2.13 bits per heavy atom. The van der Waals surface area contributed by atoms with E-state index in [2.05, 4.69) is 15.4 Å². The lowest BCUT2D eigenvalue weighted by Gasteiger charge is -2.04. The Kier molecular flexibility index (Phi) is 5.75. The van der Waals surface area contributed by atoms with E-state index < -0.39 is 4.92 Å². The molecule has 23 heavy (non-hydrogen) atoms. The molecule has 0 atom stereocenters. The summed E-state index contributed by atoms with van der Waals surface area (Å²) in [7, 11) is 1.61. The Balaban J connectivity index is 1.92. The van der Waals surface area contributed by atoms with Gasteiger partial charge in [0.25, 0.3) is 5.69 Å². The summed E-state index contributed by atoms with van der Waals surface area (Å²) in [5.74, 6) is 0.244. The van der Waals surface area contributed by atoms with Gasteiger partial charge in [0.2, 0.25) is 5.91 Å². The molecule has 9 heteroatoms. The first-order chi connectivity index (χ1) is 11.1. The maximum atomic E-state index is 11.7. The van der Waals surface area contributed by atoms with Crippen LogP contribution in [0.2, 0.25) is 0 Å². The predicted molar refractivity (Wildman–Crippen MR) is 81.6 cm³/mol. The Labute approximate surface area is 132 Å². The van der Waals surface area contributed by atoms with Gasteiger partial charge in [-0.1, -0.05) is 0 Å². The summed E-state index contributed by atoms with van der Waals surface area (Å²) in [6.07, 6.45) is 2.19. The number of methoxy groups -OCH3 is 1. The maximum absolute atomic E-state index is 11.7. The van der Waals surface area contributed by atoms with Gasteiger partial charge < -0.3 is 10.1 Å². The van der Waals surface area contributed by atoms with Crippen LogP contribution in [0.3, 0.4) is 0 Å². The van der Waals surface area contributed by atoms with Gasteiger partial charge in [0.1, 0.15) is 12.9 Å². The summed E-state index contributed by atoms with van der Waals surface area (Å²) < 4.78 is 6.32. The topological polar surface area (TPSA) is 112 Å². The smallest absolute Gasteiger partial charge is 0.269 e. The molecule has 0 bridgehead atoms. The summed E-state index contributed by atoms with van der Waals surface area (Å²) in [5, 5.41) is 17.6. The fraction of sp³-hybridized carbons (Fsp3) is 0.357. The standard InChI is InChI=1S/C14H17N5O4/c1-23-8-2-7-15-13(20)9-18-10-16-14(17-18)11-3-5-12(6-4-11)19(21)22/h3-6,10H,2,7-9H2,1H3,(H,15,20). The molecule has 2 aromatic rings. The third-order valence-corrected chi connectivity index (χ3v) is 3.03. The number of nitro benzene ring substituents is 1. The van der Waals surface area contributed by atoms with Gasteiger partial charge >= 0.3 is 0 Å². The lowest BCUT2D eigenvalue weighted by Crippen LogP contribution is -2.29. The van der Waals surface area contributed by atoms with Crippen molar-refractivity contribution < 1.29 is 14.5 Å². The van der Waals surface area contributed by atoms with Crippen molar-refractivity contribution >= 4 is 11.6 Å². The summed E-state index contributed by atoms with van der Waals surface area (Å²) >= 11 is 0. The van der Waals surface area contributed by atoms with Gasteiger partial charge in [-0.25, -0.2) is 9.67 Å². The lowest BCUT2D eigenvalue weighted by atomic mass is 10.2. The highest BCUT2D eigenvalue weighted by atomic mass is 16.6. The first-order valence-electron chi connectivity index (χ1n) is 7.00. The number of aromatic nitrogens is 3. The van der Waals surface area contributed by atoms with Crippen LogP contribution in [0.4, 0.5) is 5.69 Å². The van der Waals surface area contributed by atoms with Crippen molar-refractivity contribution in [1.29, 1.82) is 0 Å². The molecule has 0 unspecified atom stereocenters. The molecule has 0 aliphatic rings. The van der Waals surface area contributed by atoms with Crippen LogP contribution in [0.25, 0.3) is 11.4 Å². The number of ether oxygens (including phenoxy) is 1. The number of benzene rings is 1. The summed E-state index contributed by atoms with van der Waals surface area (Å²) in [6, 6.07) is 5.92. The quantitative estimate of drug-likeness (QED) is 0.441. The molecule has 0 saturated heterocycles. The summed E-state index contributed by atoms with van der Waals surface area (Å²) in [4.78, 5) is 26.0. The zero-order valence-corrected chi connectivity index (χ0v) is 12.6. The minimum Gasteiger partial charge on any atom is -0.385 e. The number of carbonyl (C=O) groups excluding carboxylic acids is 1. The molecule has 0 fully saturated rings. The van der Waals surface area contributed by atoms with Crippen molar-refractivity contribution in [3.05, 3.63) is 40.7 Å². The number of nitrogens with zero attached hydrogens (tertiary/aromatic N) is 4. The highest BCUT2D eigenvalue weighted by Gasteiger charge is 2.09. The minimum atomic E-state index is -0.469. The molecule has 0 spiro atoms. The maximum Gasteiger partial charge on any atom is 0.269 e. The van der Waals surface area contributed by atoms with Crippen molar-refractivity contribution in [2.75, 3.05) is 20.3 Å². The summed E-state index contributed by atoms with van der Waals surface area (Å²) in [5.41, 5.74) is 0.651. The number of hydrogen-bond donors (Lipinski definition) is 1. The molecule has 9 nitrogen and oxygen atoms in total. The number of nitrogens with one attached hydrogen (secondary N) is 1. The van der Waals surface area contributed by atoms with Crippen LogP contribution in [0, 0.1) is 10.1 Å². The summed E-state index contributed by atoms with van der Waals surface area (Å²) in [6.45, 7) is 1.19. The molecule has 1 aromatic carbocycles. The number of non-ortho nitro benzene ring substituents is 1. The number of hydrogen-bond acceptors (Lipinski definition) is 6. The van der Waals surface area contributed by atoms with Crippen molar-refractivity contribution in [2.24, 2.45) is 0 Å². The third-order valence-electron chi connectivity index (χ3n) is 3.03. The van der Waals surface area contributed by atoms with E-state index >= 15 is 0 Å². The van der Waals surface area contributed by atoms with Crippen molar-refractivity contribution in [1.82, 2.24) is 20.1 Å². The Morgan fingerprint density at radius 3 is 2.78 bits per heavy atom. The molecular weight excluding hydrogens is 302 g/mol. The van der Waals surface area contributed by atoms with E-state index in [1.54, 1.807) is 19.2 Å². The second-order valence-electron chi connectivity index (χ2n) is 4.77. The lowest BCUT2D eigenvalue weighted by molar-refractivity contribution is -0.384. The number of nitro groups is 1. The fourth-order valence-electron chi connectivity index (χ4n) is 1.88. The Morgan fingerprint density at radius 1 is 1.39 bits per heavy atom. The van der Waals surface area contributed by atoms with E-state index in [-0.39, 0.29) is 18.1 Å².